The number of hydrogen-bond acceptors (Lipinski definition) is 2. The zero-order valence-corrected chi connectivity index (χ0v) is 12.1. The van der Waals surface area contributed by atoms with E-state index in [1.165, 1.54) is 36.8 Å². The summed E-state index contributed by atoms with van der Waals surface area (Å²) in [5.41, 5.74) is 4.99. The highest BCUT2D eigenvalue weighted by Crippen LogP contribution is 2.32. The molecule has 0 atom stereocenters. The molecule has 1 fully saturated rings. The molecule has 0 saturated heterocycles. The molecule has 104 valence electrons. The Kier molecular flexibility index (Phi) is 3.43. The molecule has 3 nitrogen and oxygen atoms in total. The monoisotopic (exact) mass is 268 g/mol. The summed E-state index contributed by atoms with van der Waals surface area (Å²) in [4.78, 5) is 11.4. The number of aromatic nitrogens is 2. The van der Waals surface area contributed by atoms with Crippen LogP contribution < -0.4 is 0 Å². The van der Waals surface area contributed by atoms with Gasteiger partial charge in [-0.3, -0.25) is 9.48 Å². The molecule has 0 amide bonds. The lowest BCUT2D eigenvalue weighted by Crippen LogP contribution is -2.05. The van der Waals surface area contributed by atoms with Crippen molar-refractivity contribution in [1.82, 2.24) is 9.78 Å². The fraction of sp³-hybridized carbons (Fsp3) is 0.412. The van der Waals surface area contributed by atoms with E-state index in [0.717, 1.165) is 17.5 Å². The van der Waals surface area contributed by atoms with Gasteiger partial charge in [0.15, 0.2) is 6.29 Å². The van der Waals surface area contributed by atoms with Gasteiger partial charge in [-0.15, -0.1) is 0 Å². The van der Waals surface area contributed by atoms with Gasteiger partial charge in [0.25, 0.3) is 0 Å². The summed E-state index contributed by atoms with van der Waals surface area (Å²) in [5.74, 6) is 0. The maximum absolute atomic E-state index is 11.4. The molecule has 1 aliphatic carbocycles. The van der Waals surface area contributed by atoms with Gasteiger partial charge in [-0.25, -0.2) is 0 Å². The molecule has 1 heterocycles. The third-order valence-electron chi connectivity index (χ3n) is 4.22. The molecule has 3 heteroatoms. The Hall–Kier alpha value is -1.90. The Balaban J connectivity index is 2.05. The van der Waals surface area contributed by atoms with Crippen molar-refractivity contribution in [2.24, 2.45) is 0 Å². The normalized spacial score (nSPS) is 15.7. The highest BCUT2D eigenvalue weighted by Gasteiger charge is 2.20. The second-order valence-electron chi connectivity index (χ2n) is 5.79. The second-order valence-corrected chi connectivity index (χ2v) is 5.79. The van der Waals surface area contributed by atoms with Crippen LogP contribution in [0.4, 0.5) is 0 Å². The van der Waals surface area contributed by atoms with Crippen molar-refractivity contribution in [3.05, 3.63) is 41.1 Å². The number of benzene rings is 1. The lowest BCUT2D eigenvalue weighted by Gasteiger charge is -2.09. The van der Waals surface area contributed by atoms with Gasteiger partial charge >= 0.3 is 0 Å². The van der Waals surface area contributed by atoms with Gasteiger partial charge in [0, 0.05) is 11.8 Å². The van der Waals surface area contributed by atoms with Gasteiger partial charge in [0.1, 0.15) is 5.69 Å². The minimum atomic E-state index is 0.466. The van der Waals surface area contributed by atoms with E-state index in [1.807, 2.05) is 10.9 Å². The first-order chi connectivity index (χ1) is 9.69. The van der Waals surface area contributed by atoms with E-state index in [4.69, 9.17) is 5.10 Å². The van der Waals surface area contributed by atoms with Crippen LogP contribution in [0.5, 0.6) is 0 Å². The number of rotatable bonds is 3. The third kappa shape index (κ3) is 2.28. The van der Waals surface area contributed by atoms with Gasteiger partial charge in [-0.05, 0) is 32.3 Å². The molecule has 0 aliphatic heterocycles. The molecular formula is C17H20N2O. The fourth-order valence-electron chi connectivity index (χ4n) is 3.14. The Morgan fingerprint density at radius 3 is 2.65 bits per heavy atom. The Bertz CT molecular complexity index is 636. The van der Waals surface area contributed by atoms with E-state index in [1.54, 1.807) is 0 Å². The van der Waals surface area contributed by atoms with E-state index < -0.39 is 0 Å². The van der Waals surface area contributed by atoms with E-state index in [2.05, 4.69) is 32.0 Å². The van der Waals surface area contributed by atoms with Crippen LogP contribution in [0.2, 0.25) is 0 Å². The van der Waals surface area contributed by atoms with E-state index in [9.17, 15) is 4.79 Å². The largest absolute Gasteiger partial charge is 0.298 e. The molecule has 1 aromatic heterocycles. The average Bonchev–Trinajstić information content (AvgIpc) is 3.07. The predicted octanol–water partition coefficient (Wildman–Crippen LogP) is 4.09. The van der Waals surface area contributed by atoms with Crippen molar-refractivity contribution in [1.29, 1.82) is 0 Å². The van der Waals surface area contributed by atoms with Gasteiger partial charge in [0.2, 0.25) is 0 Å². The lowest BCUT2D eigenvalue weighted by atomic mass is 10.0. The molecule has 0 unspecified atom stereocenters. The van der Waals surface area contributed by atoms with Gasteiger partial charge in [-0.2, -0.15) is 5.10 Å². The van der Waals surface area contributed by atoms with Gasteiger partial charge < -0.3 is 0 Å². The average molecular weight is 268 g/mol. The topological polar surface area (TPSA) is 34.9 Å². The van der Waals surface area contributed by atoms with Crippen molar-refractivity contribution < 1.29 is 4.79 Å². The zero-order chi connectivity index (χ0) is 14.1. The summed E-state index contributed by atoms with van der Waals surface area (Å²) < 4.78 is 2.01. The molecule has 2 aromatic rings. The summed E-state index contributed by atoms with van der Waals surface area (Å²) in [7, 11) is 0. The molecule has 0 spiro atoms. The Morgan fingerprint density at radius 1 is 1.25 bits per heavy atom. The van der Waals surface area contributed by atoms with Crippen molar-refractivity contribution in [3.8, 4) is 11.3 Å². The number of carbonyl (C=O) groups is 1. The standard InChI is InChI=1S/C17H20N2O/c1-12-7-8-16(13(2)9-12)17-14(11-20)10-19(18-17)15-5-3-4-6-15/h7-11,15H,3-6H2,1-2H3. The molecular weight excluding hydrogens is 248 g/mol. The molecule has 1 aromatic carbocycles. The highest BCUT2D eigenvalue weighted by molar-refractivity contribution is 5.86. The summed E-state index contributed by atoms with van der Waals surface area (Å²) in [6.07, 6.45) is 7.71. The number of hydrogen-bond donors (Lipinski definition) is 0. The van der Waals surface area contributed by atoms with Crippen LogP contribution in [-0.4, -0.2) is 16.1 Å². The molecule has 0 N–H and O–H groups in total. The number of carbonyl (C=O) groups excluding carboxylic acids is 1. The lowest BCUT2D eigenvalue weighted by molar-refractivity contribution is 0.112. The highest BCUT2D eigenvalue weighted by atomic mass is 16.1. The van der Waals surface area contributed by atoms with Gasteiger partial charge in [-0.1, -0.05) is 36.6 Å². The number of nitrogens with zero attached hydrogens (tertiary/aromatic N) is 2. The summed E-state index contributed by atoms with van der Waals surface area (Å²) in [6, 6.07) is 6.75. The van der Waals surface area contributed by atoms with E-state index in [0.29, 0.717) is 11.6 Å². The smallest absolute Gasteiger partial charge is 0.153 e. The van der Waals surface area contributed by atoms with Crippen LogP contribution in [0.15, 0.2) is 24.4 Å². The predicted molar refractivity (Wildman–Crippen MR) is 80.0 cm³/mol. The molecule has 1 aliphatic rings. The quantitative estimate of drug-likeness (QED) is 0.786. The maximum atomic E-state index is 11.4. The SMILES string of the molecule is Cc1ccc(-c2nn(C3CCCC3)cc2C=O)c(C)c1. The van der Waals surface area contributed by atoms with Crippen molar-refractivity contribution in [2.75, 3.05) is 0 Å². The summed E-state index contributed by atoms with van der Waals surface area (Å²) in [6.45, 7) is 4.15. The first kappa shape index (κ1) is 13.1. The minimum absolute atomic E-state index is 0.466. The molecule has 1 saturated carbocycles. The van der Waals surface area contributed by atoms with Crippen molar-refractivity contribution >= 4 is 6.29 Å². The minimum Gasteiger partial charge on any atom is -0.298 e. The van der Waals surface area contributed by atoms with Crippen LogP contribution >= 0.6 is 0 Å². The first-order valence-electron chi connectivity index (χ1n) is 7.31. The third-order valence-corrected chi connectivity index (χ3v) is 4.22. The Labute approximate surface area is 119 Å². The van der Waals surface area contributed by atoms with Crippen LogP contribution in [0.25, 0.3) is 11.3 Å². The van der Waals surface area contributed by atoms with Crippen molar-refractivity contribution in [3.63, 3.8) is 0 Å². The van der Waals surface area contributed by atoms with Crippen LogP contribution in [0.3, 0.4) is 0 Å². The van der Waals surface area contributed by atoms with Crippen LogP contribution in [-0.2, 0) is 0 Å². The van der Waals surface area contributed by atoms with E-state index in [-0.39, 0.29) is 0 Å². The van der Waals surface area contributed by atoms with Gasteiger partial charge in [0.05, 0.1) is 11.6 Å². The molecule has 3 rings (SSSR count). The number of aldehydes is 1. The maximum Gasteiger partial charge on any atom is 0.153 e. The molecule has 0 bridgehead atoms. The summed E-state index contributed by atoms with van der Waals surface area (Å²) in [5, 5.41) is 4.71. The zero-order valence-electron chi connectivity index (χ0n) is 12.1. The molecule has 0 radical (unpaired) electrons. The van der Waals surface area contributed by atoms with Crippen LogP contribution in [0, 0.1) is 13.8 Å². The number of aryl methyl sites for hydroxylation is 2. The summed E-state index contributed by atoms with van der Waals surface area (Å²) >= 11 is 0. The second kappa shape index (κ2) is 5.23. The first-order valence-corrected chi connectivity index (χ1v) is 7.31. The fourth-order valence-corrected chi connectivity index (χ4v) is 3.14. The van der Waals surface area contributed by atoms with Crippen molar-refractivity contribution in [2.45, 2.75) is 45.6 Å². The Morgan fingerprint density at radius 2 is 2.00 bits per heavy atom. The van der Waals surface area contributed by atoms with E-state index >= 15 is 0 Å². The van der Waals surface area contributed by atoms with Crippen LogP contribution in [0.1, 0.15) is 53.2 Å². The molecule has 20 heavy (non-hydrogen) atoms.